The molecule has 0 aromatic carbocycles. The van der Waals surface area contributed by atoms with Crippen molar-refractivity contribution in [2.45, 2.75) is 52.0 Å². The second kappa shape index (κ2) is 4.74. The van der Waals surface area contributed by atoms with Crippen LogP contribution in [0.15, 0.2) is 0 Å². The predicted molar refractivity (Wildman–Crippen MR) is 65.2 cm³/mol. The molecule has 2 unspecified atom stereocenters. The van der Waals surface area contributed by atoms with Gasteiger partial charge in [-0.1, -0.05) is 19.8 Å². The van der Waals surface area contributed by atoms with Gasteiger partial charge in [0.05, 0.1) is 5.41 Å². The molecule has 0 aromatic rings. The summed E-state index contributed by atoms with van der Waals surface area (Å²) >= 11 is 0. The normalized spacial score (nSPS) is 31.4. The van der Waals surface area contributed by atoms with Crippen LogP contribution in [0.2, 0.25) is 0 Å². The fourth-order valence-electron chi connectivity index (χ4n) is 2.45. The third-order valence-electron chi connectivity index (χ3n) is 4.06. The average molecular weight is 224 g/mol. The maximum absolute atomic E-state index is 12.2. The Morgan fingerprint density at radius 3 is 2.81 bits per heavy atom. The van der Waals surface area contributed by atoms with E-state index >= 15 is 0 Å². The quantitative estimate of drug-likeness (QED) is 0.746. The van der Waals surface area contributed by atoms with Gasteiger partial charge in [0.15, 0.2) is 0 Å². The van der Waals surface area contributed by atoms with E-state index in [4.69, 9.17) is 0 Å². The summed E-state index contributed by atoms with van der Waals surface area (Å²) in [6, 6.07) is 0.400. The SMILES string of the molecule is CCC(CC1CC1)NC(=O)C1(C)CCNC1. The first-order valence-electron chi connectivity index (χ1n) is 6.66. The Bertz CT molecular complexity index is 255. The van der Waals surface area contributed by atoms with E-state index in [9.17, 15) is 4.79 Å². The lowest BCUT2D eigenvalue weighted by atomic mass is 9.88. The Kier molecular flexibility index (Phi) is 3.53. The number of rotatable bonds is 5. The van der Waals surface area contributed by atoms with Gasteiger partial charge in [0.1, 0.15) is 0 Å². The molecule has 0 aromatic heterocycles. The molecule has 1 amide bonds. The number of hydrogen-bond acceptors (Lipinski definition) is 2. The second-order valence-electron chi connectivity index (χ2n) is 5.75. The average Bonchev–Trinajstić information content (AvgIpc) is 2.97. The van der Waals surface area contributed by atoms with Crippen molar-refractivity contribution in [3.63, 3.8) is 0 Å². The zero-order chi connectivity index (χ0) is 11.6. The van der Waals surface area contributed by atoms with Crippen molar-refractivity contribution in [3.05, 3.63) is 0 Å². The summed E-state index contributed by atoms with van der Waals surface area (Å²) in [4.78, 5) is 12.2. The molecule has 1 aliphatic heterocycles. The van der Waals surface area contributed by atoms with Crippen LogP contribution in [0.5, 0.6) is 0 Å². The number of hydrogen-bond donors (Lipinski definition) is 2. The molecule has 0 spiro atoms. The summed E-state index contributed by atoms with van der Waals surface area (Å²) in [5, 5.41) is 6.52. The van der Waals surface area contributed by atoms with Crippen molar-refractivity contribution in [2.75, 3.05) is 13.1 Å². The van der Waals surface area contributed by atoms with Crippen LogP contribution in [0.1, 0.15) is 46.0 Å². The molecule has 0 radical (unpaired) electrons. The molecular formula is C13H24N2O. The number of carbonyl (C=O) groups excluding carboxylic acids is 1. The molecule has 0 bridgehead atoms. The fourth-order valence-corrected chi connectivity index (χ4v) is 2.45. The van der Waals surface area contributed by atoms with Gasteiger partial charge in [-0.15, -0.1) is 0 Å². The van der Waals surface area contributed by atoms with Gasteiger partial charge >= 0.3 is 0 Å². The maximum Gasteiger partial charge on any atom is 0.227 e. The number of nitrogens with one attached hydrogen (secondary N) is 2. The van der Waals surface area contributed by atoms with Crippen LogP contribution >= 0.6 is 0 Å². The van der Waals surface area contributed by atoms with Gasteiger partial charge in [-0.3, -0.25) is 4.79 Å². The first-order valence-corrected chi connectivity index (χ1v) is 6.66. The minimum absolute atomic E-state index is 0.170. The standard InChI is InChI=1S/C13H24N2O/c1-3-11(8-10-4-5-10)15-12(16)13(2)6-7-14-9-13/h10-11,14H,3-9H2,1-2H3,(H,15,16). The molecule has 16 heavy (non-hydrogen) atoms. The molecule has 2 rings (SSSR count). The summed E-state index contributed by atoms with van der Waals surface area (Å²) < 4.78 is 0. The lowest BCUT2D eigenvalue weighted by Gasteiger charge is -2.25. The summed E-state index contributed by atoms with van der Waals surface area (Å²) in [7, 11) is 0. The van der Waals surface area contributed by atoms with E-state index in [1.807, 2.05) is 0 Å². The monoisotopic (exact) mass is 224 g/mol. The fraction of sp³-hybridized carbons (Fsp3) is 0.923. The first kappa shape index (κ1) is 11.9. The Morgan fingerprint density at radius 1 is 1.56 bits per heavy atom. The molecule has 1 heterocycles. The zero-order valence-electron chi connectivity index (χ0n) is 10.5. The molecule has 3 heteroatoms. The van der Waals surface area contributed by atoms with Crippen LogP contribution in [0, 0.1) is 11.3 Å². The Labute approximate surface area is 98.4 Å². The van der Waals surface area contributed by atoms with E-state index in [0.717, 1.165) is 31.8 Å². The third kappa shape index (κ3) is 2.76. The first-order chi connectivity index (χ1) is 7.64. The van der Waals surface area contributed by atoms with Crippen LogP contribution in [-0.4, -0.2) is 25.0 Å². The van der Waals surface area contributed by atoms with Gasteiger partial charge in [0, 0.05) is 12.6 Å². The van der Waals surface area contributed by atoms with Crippen molar-refractivity contribution >= 4 is 5.91 Å². The molecule has 1 aliphatic carbocycles. The van der Waals surface area contributed by atoms with Gasteiger partial charge in [0.2, 0.25) is 5.91 Å². The van der Waals surface area contributed by atoms with Crippen molar-refractivity contribution in [1.29, 1.82) is 0 Å². The van der Waals surface area contributed by atoms with Crippen molar-refractivity contribution in [3.8, 4) is 0 Å². The number of amides is 1. The highest BCUT2D eigenvalue weighted by atomic mass is 16.2. The van der Waals surface area contributed by atoms with Crippen LogP contribution in [-0.2, 0) is 4.79 Å². The van der Waals surface area contributed by atoms with Gasteiger partial charge in [-0.05, 0) is 38.6 Å². The summed E-state index contributed by atoms with van der Waals surface area (Å²) in [6.07, 6.45) is 5.95. The summed E-state index contributed by atoms with van der Waals surface area (Å²) in [5.41, 5.74) is -0.170. The van der Waals surface area contributed by atoms with E-state index in [1.165, 1.54) is 19.3 Å². The van der Waals surface area contributed by atoms with Crippen molar-refractivity contribution in [1.82, 2.24) is 10.6 Å². The van der Waals surface area contributed by atoms with E-state index in [0.29, 0.717) is 6.04 Å². The summed E-state index contributed by atoms with van der Waals surface area (Å²) in [6.45, 7) is 6.05. The maximum atomic E-state index is 12.2. The third-order valence-corrected chi connectivity index (χ3v) is 4.06. The Balaban J connectivity index is 1.83. The highest BCUT2D eigenvalue weighted by Crippen LogP contribution is 2.34. The minimum Gasteiger partial charge on any atom is -0.353 e. The molecule has 3 nitrogen and oxygen atoms in total. The lowest BCUT2D eigenvalue weighted by molar-refractivity contribution is -0.130. The van der Waals surface area contributed by atoms with E-state index in [1.54, 1.807) is 0 Å². The molecule has 2 N–H and O–H groups in total. The van der Waals surface area contributed by atoms with Gasteiger partial charge < -0.3 is 10.6 Å². The topological polar surface area (TPSA) is 41.1 Å². The molecule has 2 aliphatic rings. The van der Waals surface area contributed by atoms with Gasteiger partial charge in [0.25, 0.3) is 0 Å². The van der Waals surface area contributed by atoms with Crippen molar-refractivity contribution in [2.24, 2.45) is 11.3 Å². The molecule has 2 fully saturated rings. The zero-order valence-corrected chi connectivity index (χ0v) is 10.5. The molecule has 1 saturated carbocycles. The Hall–Kier alpha value is -0.570. The van der Waals surface area contributed by atoms with Crippen LogP contribution < -0.4 is 10.6 Å². The van der Waals surface area contributed by atoms with Crippen LogP contribution in [0.25, 0.3) is 0 Å². The van der Waals surface area contributed by atoms with Gasteiger partial charge in [-0.25, -0.2) is 0 Å². The predicted octanol–water partition coefficient (Wildman–Crippen LogP) is 1.68. The highest BCUT2D eigenvalue weighted by molar-refractivity contribution is 5.83. The largest absolute Gasteiger partial charge is 0.353 e. The highest BCUT2D eigenvalue weighted by Gasteiger charge is 2.37. The molecular weight excluding hydrogens is 200 g/mol. The van der Waals surface area contributed by atoms with E-state index in [2.05, 4.69) is 24.5 Å². The minimum atomic E-state index is -0.170. The summed E-state index contributed by atoms with van der Waals surface area (Å²) in [5.74, 6) is 1.14. The molecule has 1 saturated heterocycles. The smallest absolute Gasteiger partial charge is 0.227 e. The van der Waals surface area contributed by atoms with Crippen molar-refractivity contribution < 1.29 is 4.79 Å². The Morgan fingerprint density at radius 2 is 2.31 bits per heavy atom. The second-order valence-corrected chi connectivity index (χ2v) is 5.75. The lowest BCUT2D eigenvalue weighted by Crippen LogP contribution is -2.45. The van der Waals surface area contributed by atoms with Gasteiger partial charge in [-0.2, -0.15) is 0 Å². The number of carbonyl (C=O) groups is 1. The van der Waals surface area contributed by atoms with E-state index in [-0.39, 0.29) is 11.3 Å². The molecule has 92 valence electrons. The van der Waals surface area contributed by atoms with Crippen LogP contribution in [0.3, 0.4) is 0 Å². The van der Waals surface area contributed by atoms with E-state index < -0.39 is 0 Å². The van der Waals surface area contributed by atoms with Crippen LogP contribution in [0.4, 0.5) is 0 Å². The molecule has 2 atom stereocenters.